The maximum absolute atomic E-state index is 11.2. The summed E-state index contributed by atoms with van der Waals surface area (Å²) in [5.41, 5.74) is 5.17. The van der Waals surface area contributed by atoms with Crippen LogP contribution in [0.5, 0.6) is 0 Å². The quantitative estimate of drug-likeness (QED) is 0.222. The number of rotatable bonds is 5. The second kappa shape index (κ2) is 5.00. The fourth-order valence-electron chi connectivity index (χ4n) is 0.708. The van der Waals surface area contributed by atoms with Gasteiger partial charge >= 0.3 is 0 Å². The highest BCUT2D eigenvalue weighted by atomic mass is 32.2. The molecule has 0 radical (unpaired) electrons. The van der Waals surface area contributed by atoms with E-state index < -0.39 is 10.2 Å². The molecule has 0 aliphatic rings. The van der Waals surface area contributed by atoms with Crippen LogP contribution in [0.4, 0.5) is 0 Å². The van der Waals surface area contributed by atoms with Gasteiger partial charge in [-0.25, -0.2) is 4.72 Å². The lowest BCUT2D eigenvalue weighted by Crippen LogP contribution is -2.43. The first-order valence-electron chi connectivity index (χ1n) is 3.63. The molecule has 13 heavy (non-hydrogen) atoms. The topological polar surface area (TPSA) is 108 Å². The first kappa shape index (κ1) is 12.1. The maximum Gasteiger partial charge on any atom is 0.279 e. The van der Waals surface area contributed by atoms with Gasteiger partial charge in [-0.2, -0.15) is 12.7 Å². The number of hydrogen-bond acceptors (Lipinski definition) is 4. The summed E-state index contributed by atoms with van der Waals surface area (Å²) < 4.78 is 25.6. The molecule has 0 aromatic carbocycles. The third-order valence-corrected chi connectivity index (χ3v) is 3.00. The summed E-state index contributed by atoms with van der Waals surface area (Å²) >= 11 is 0. The van der Waals surface area contributed by atoms with E-state index in [9.17, 15) is 8.42 Å². The van der Waals surface area contributed by atoms with Crippen LogP contribution in [-0.4, -0.2) is 43.9 Å². The molecule has 0 aromatic rings. The van der Waals surface area contributed by atoms with Crippen LogP contribution >= 0.6 is 0 Å². The second-order valence-corrected chi connectivity index (χ2v) is 4.10. The lowest BCUT2D eigenvalue weighted by molar-refractivity contribution is 0.315. The van der Waals surface area contributed by atoms with Crippen LogP contribution < -0.4 is 10.5 Å². The molecule has 0 heterocycles. The lowest BCUT2D eigenvalue weighted by Gasteiger charge is -2.18. The highest BCUT2D eigenvalue weighted by Gasteiger charge is 2.18. The van der Waals surface area contributed by atoms with Crippen molar-refractivity contribution in [2.45, 2.75) is 6.92 Å². The number of hydrogen-bond donors (Lipinski definition) is 3. The molecular weight excluding hydrogens is 196 g/mol. The van der Waals surface area contributed by atoms with Gasteiger partial charge in [-0.1, -0.05) is 12.1 Å². The van der Waals surface area contributed by atoms with E-state index in [1.807, 2.05) is 0 Å². The van der Waals surface area contributed by atoms with Gasteiger partial charge in [-0.15, -0.1) is 0 Å². The van der Waals surface area contributed by atoms with Crippen LogP contribution in [0, 0.1) is 0 Å². The molecule has 0 saturated carbocycles. The Morgan fingerprint density at radius 3 is 2.54 bits per heavy atom. The number of nitrogens with two attached hydrogens (primary N) is 1. The number of amidine groups is 1. The third kappa shape index (κ3) is 3.57. The van der Waals surface area contributed by atoms with Crippen LogP contribution in [0.2, 0.25) is 0 Å². The molecule has 0 atom stereocenters. The van der Waals surface area contributed by atoms with Gasteiger partial charge in [0.2, 0.25) is 0 Å². The van der Waals surface area contributed by atoms with Crippen LogP contribution in [-0.2, 0) is 10.2 Å². The Hall–Kier alpha value is -0.860. The zero-order valence-corrected chi connectivity index (χ0v) is 8.37. The molecule has 0 bridgehead atoms. The second-order valence-electron chi connectivity index (χ2n) is 2.23. The van der Waals surface area contributed by atoms with Crippen molar-refractivity contribution < 1.29 is 13.6 Å². The normalized spacial score (nSPS) is 13.6. The molecule has 0 saturated heterocycles. The SMILES string of the molecule is CCN(CC(N)=NO)S(=O)(=O)NC. The Morgan fingerprint density at radius 2 is 2.23 bits per heavy atom. The van der Waals surface area contributed by atoms with Gasteiger partial charge in [0, 0.05) is 13.6 Å². The summed E-state index contributed by atoms with van der Waals surface area (Å²) in [5.74, 6) is -0.152. The molecule has 0 aliphatic carbocycles. The van der Waals surface area contributed by atoms with E-state index in [-0.39, 0.29) is 18.9 Å². The van der Waals surface area contributed by atoms with Crippen molar-refractivity contribution in [2.24, 2.45) is 10.9 Å². The zero-order chi connectivity index (χ0) is 10.5. The first-order valence-corrected chi connectivity index (χ1v) is 5.07. The Bertz CT molecular complexity index is 274. The zero-order valence-electron chi connectivity index (χ0n) is 7.56. The van der Waals surface area contributed by atoms with Gasteiger partial charge in [0.1, 0.15) is 0 Å². The lowest BCUT2D eigenvalue weighted by atomic mass is 10.6. The highest BCUT2D eigenvalue weighted by molar-refractivity contribution is 7.87. The van der Waals surface area contributed by atoms with E-state index in [4.69, 9.17) is 10.9 Å². The number of nitrogens with one attached hydrogen (secondary N) is 1. The van der Waals surface area contributed by atoms with Gasteiger partial charge in [0.15, 0.2) is 5.84 Å². The van der Waals surface area contributed by atoms with Crippen molar-refractivity contribution in [1.29, 1.82) is 0 Å². The summed E-state index contributed by atoms with van der Waals surface area (Å²) in [5, 5.41) is 10.9. The molecular formula is C5H14N4O3S. The van der Waals surface area contributed by atoms with Crippen molar-refractivity contribution in [3.63, 3.8) is 0 Å². The fraction of sp³-hybridized carbons (Fsp3) is 0.800. The van der Waals surface area contributed by atoms with Crippen molar-refractivity contribution >= 4 is 16.0 Å². The predicted molar refractivity (Wildman–Crippen MR) is 48.6 cm³/mol. The van der Waals surface area contributed by atoms with Crippen molar-refractivity contribution in [2.75, 3.05) is 20.1 Å². The Morgan fingerprint density at radius 1 is 1.69 bits per heavy atom. The summed E-state index contributed by atoms with van der Waals surface area (Å²) in [4.78, 5) is 0. The predicted octanol–water partition coefficient (Wildman–Crippen LogP) is -1.48. The van der Waals surface area contributed by atoms with Gasteiger partial charge < -0.3 is 10.9 Å². The van der Waals surface area contributed by atoms with Crippen molar-refractivity contribution in [3.05, 3.63) is 0 Å². The van der Waals surface area contributed by atoms with Gasteiger partial charge in [0.05, 0.1) is 6.54 Å². The van der Waals surface area contributed by atoms with Gasteiger partial charge in [-0.3, -0.25) is 0 Å². The van der Waals surface area contributed by atoms with E-state index in [1.165, 1.54) is 7.05 Å². The molecule has 0 aliphatic heterocycles. The smallest absolute Gasteiger partial charge is 0.279 e. The number of nitrogens with zero attached hydrogens (tertiary/aromatic N) is 2. The van der Waals surface area contributed by atoms with Crippen LogP contribution in [0.3, 0.4) is 0 Å². The van der Waals surface area contributed by atoms with E-state index in [1.54, 1.807) is 6.92 Å². The van der Waals surface area contributed by atoms with Gasteiger partial charge in [-0.05, 0) is 0 Å². The molecule has 0 amide bonds. The maximum atomic E-state index is 11.2. The minimum atomic E-state index is -3.50. The molecule has 0 aromatic heterocycles. The van der Waals surface area contributed by atoms with Crippen molar-refractivity contribution in [1.82, 2.24) is 9.03 Å². The minimum Gasteiger partial charge on any atom is -0.409 e. The summed E-state index contributed by atoms with van der Waals surface area (Å²) in [6.07, 6.45) is 0. The Balaban J connectivity index is 4.54. The molecule has 0 spiro atoms. The number of oxime groups is 1. The molecule has 4 N–H and O–H groups in total. The van der Waals surface area contributed by atoms with Crippen molar-refractivity contribution in [3.8, 4) is 0 Å². The average molecular weight is 210 g/mol. The van der Waals surface area contributed by atoms with Crippen LogP contribution in [0.1, 0.15) is 6.92 Å². The monoisotopic (exact) mass is 210 g/mol. The van der Waals surface area contributed by atoms with E-state index in [2.05, 4.69) is 9.88 Å². The number of likely N-dealkylation sites (N-methyl/N-ethyl adjacent to an activating group) is 1. The summed E-state index contributed by atoms with van der Waals surface area (Å²) in [7, 11) is -2.21. The minimum absolute atomic E-state index is 0.129. The average Bonchev–Trinajstić information content (AvgIpc) is 2.13. The van der Waals surface area contributed by atoms with E-state index in [0.717, 1.165) is 4.31 Å². The van der Waals surface area contributed by atoms with Crippen LogP contribution in [0.15, 0.2) is 5.16 Å². The molecule has 0 rings (SSSR count). The molecule has 8 heteroatoms. The largest absolute Gasteiger partial charge is 0.409 e. The van der Waals surface area contributed by atoms with Crippen LogP contribution in [0.25, 0.3) is 0 Å². The molecule has 78 valence electrons. The summed E-state index contributed by atoms with van der Waals surface area (Å²) in [6, 6.07) is 0. The van der Waals surface area contributed by atoms with Gasteiger partial charge in [0.25, 0.3) is 10.2 Å². The molecule has 7 nitrogen and oxygen atoms in total. The Kier molecular flexibility index (Phi) is 4.67. The standard InChI is InChI=1S/C5H14N4O3S/c1-3-9(4-5(6)8-10)13(11,12)7-2/h7,10H,3-4H2,1-2H3,(H2,6,8). The molecule has 0 fully saturated rings. The fourth-order valence-corrected chi connectivity index (χ4v) is 1.61. The summed E-state index contributed by atoms with van der Waals surface area (Å²) in [6.45, 7) is 1.77. The third-order valence-electron chi connectivity index (χ3n) is 1.42. The first-order chi connectivity index (χ1) is 5.97. The van der Waals surface area contributed by atoms with E-state index >= 15 is 0 Å². The highest BCUT2D eigenvalue weighted by Crippen LogP contribution is 1.95. The molecule has 0 unspecified atom stereocenters. The Labute approximate surface area is 77.4 Å². The van der Waals surface area contributed by atoms with E-state index in [0.29, 0.717) is 0 Å².